The van der Waals surface area contributed by atoms with Gasteiger partial charge in [0.15, 0.2) is 0 Å². The van der Waals surface area contributed by atoms with Gasteiger partial charge in [0, 0.05) is 13.5 Å². The SMILES string of the molecule is CCCC(O)CCNC(C)=O. The summed E-state index contributed by atoms with van der Waals surface area (Å²) in [6, 6.07) is 0. The van der Waals surface area contributed by atoms with Crippen LogP contribution in [0.5, 0.6) is 0 Å². The van der Waals surface area contributed by atoms with E-state index in [4.69, 9.17) is 0 Å². The van der Waals surface area contributed by atoms with Gasteiger partial charge in [-0.15, -0.1) is 0 Å². The summed E-state index contributed by atoms with van der Waals surface area (Å²) in [5.41, 5.74) is 0. The van der Waals surface area contributed by atoms with Gasteiger partial charge in [0.25, 0.3) is 0 Å². The Balaban J connectivity index is 3.16. The fourth-order valence-corrected chi connectivity index (χ4v) is 0.892. The Morgan fingerprint density at radius 1 is 1.55 bits per heavy atom. The molecule has 0 aromatic heterocycles. The van der Waals surface area contributed by atoms with Crippen molar-refractivity contribution in [1.29, 1.82) is 0 Å². The van der Waals surface area contributed by atoms with Gasteiger partial charge in [0.05, 0.1) is 6.10 Å². The normalized spacial score (nSPS) is 12.6. The van der Waals surface area contributed by atoms with Gasteiger partial charge >= 0.3 is 0 Å². The third kappa shape index (κ3) is 7.33. The van der Waals surface area contributed by atoms with Gasteiger partial charge in [0.2, 0.25) is 5.91 Å². The highest BCUT2D eigenvalue weighted by molar-refractivity contribution is 5.72. The fraction of sp³-hybridized carbons (Fsp3) is 0.875. The van der Waals surface area contributed by atoms with Crippen molar-refractivity contribution in [2.45, 2.75) is 39.2 Å². The molecule has 0 fully saturated rings. The molecule has 0 saturated heterocycles. The van der Waals surface area contributed by atoms with Gasteiger partial charge in [-0.05, 0) is 12.8 Å². The second-order valence-corrected chi connectivity index (χ2v) is 2.71. The van der Waals surface area contributed by atoms with Crippen molar-refractivity contribution in [3.8, 4) is 0 Å². The molecule has 3 heteroatoms. The summed E-state index contributed by atoms with van der Waals surface area (Å²) in [5, 5.41) is 11.8. The van der Waals surface area contributed by atoms with E-state index in [2.05, 4.69) is 5.32 Å². The summed E-state index contributed by atoms with van der Waals surface area (Å²) in [4.78, 5) is 10.4. The molecule has 2 N–H and O–H groups in total. The molecule has 0 spiro atoms. The zero-order valence-corrected chi connectivity index (χ0v) is 7.26. The summed E-state index contributed by atoms with van der Waals surface area (Å²) in [6.45, 7) is 4.09. The second-order valence-electron chi connectivity index (χ2n) is 2.71. The number of carbonyl (C=O) groups excluding carboxylic acids is 1. The average Bonchev–Trinajstić information content (AvgIpc) is 1.87. The van der Waals surface area contributed by atoms with Crippen molar-refractivity contribution >= 4 is 5.91 Å². The number of nitrogens with one attached hydrogen (secondary N) is 1. The monoisotopic (exact) mass is 159 g/mol. The van der Waals surface area contributed by atoms with Gasteiger partial charge in [-0.1, -0.05) is 13.3 Å². The molecular weight excluding hydrogens is 142 g/mol. The number of carbonyl (C=O) groups is 1. The van der Waals surface area contributed by atoms with Gasteiger partial charge < -0.3 is 10.4 Å². The Hall–Kier alpha value is -0.570. The van der Waals surface area contributed by atoms with Crippen molar-refractivity contribution in [2.24, 2.45) is 0 Å². The number of hydrogen-bond donors (Lipinski definition) is 2. The van der Waals surface area contributed by atoms with Crippen molar-refractivity contribution in [2.75, 3.05) is 6.54 Å². The molecule has 1 unspecified atom stereocenters. The Bertz CT molecular complexity index is 115. The molecule has 0 rings (SSSR count). The van der Waals surface area contributed by atoms with E-state index in [1.54, 1.807) is 0 Å². The number of amides is 1. The third-order valence-corrected chi connectivity index (χ3v) is 1.47. The molecular formula is C8H17NO2. The molecule has 66 valence electrons. The minimum atomic E-state index is -0.258. The van der Waals surface area contributed by atoms with Crippen molar-refractivity contribution in [1.82, 2.24) is 5.32 Å². The minimum Gasteiger partial charge on any atom is -0.393 e. The number of aliphatic hydroxyl groups is 1. The molecule has 0 aliphatic rings. The van der Waals surface area contributed by atoms with E-state index >= 15 is 0 Å². The van der Waals surface area contributed by atoms with Gasteiger partial charge in [0.1, 0.15) is 0 Å². The molecule has 0 radical (unpaired) electrons. The highest BCUT2D eigenvalue weighted by atomic mass is 16.3. The van der Waals surface area contributed by atoms with Crippen LogP contribution >= 0.6 is 0 Å². The summed E-state index contributed by atoms with van der Waals surface area (Å²) < 4.78 is 0. The Morgan fingerprint density at radius 3 is 2.64 bits per heavy atom. The predicted molar refractivity (Wildman–Crippen MR) is 44.2 cm³/mol. The van der Waals surface area contributed by atoms with E-state index in [1.165, 1.54) is 6.92 Å². The smallest absolute Gasteiger partial charge is 0.216 e. The second kappa shape index (κ2) is 6.16. The van der Waals surface area contributed by atoms with Crippen LogP contribution in [-0.4, -0.2) is 23.7 Å². The quantitative estimate of drug-likeness (QED) is 0.619. The van der Waals surface area contributed by atoms with Gasteiger partial charge in [-0.3, -0.25) is 4.79 Å². The lowest BCUT2D eigenvalue weighted by Gasteiger charge is -2.08. The summed E-state index contributed by atoms with van der Waals surface area (Å²) in [7, 11) is 0. The third-order valence-electron chi connectivity index (χ3n) is 1.47. The Labute approximate surface area is 67.8 Å². The first-order valence-electron chi connectivity index (χ1n) is 4.09. The van der Waals surface area contributed by atoms with Crippen LogP contribution in [0.2, 0.25) is 0 Å². The van der Waals surface area contributed by atoms with Crippen molar-refractivity contribution < 1.29 is 9.90 Å². The van der Waals surface area contributed by atoms with Crippen molar-refractivity contribution in [3.05, 3.63) is 0 Å². The molecule has 0 aliphatic carbocycles. The number of aliphatic hydroxyl groups excluding tert-OH is 1. The minimum absolute atomic E-state index is 0.0336. The molecule has 0 aromatic carbocycles. The molecule has 1 amide bonds. The zero-order valence-electron chi connectivity index (χ0n) is 7.26. The van der Waals surface area contributed by atoms with Crippen LogP contribution in [0.3, 0.4) is 0 Å². The van der Waals surface area contributed by atoms with E-state index in [1.807, 2.05) is 6.92 Å². The van der Waals surface area contributed by atoms with Crippen LogP contribution in [0, 0.1) is 0 Å². The van der Waals surface area contributed by atoms with E-state index in [9.17, 15) is 9.90 Å². The van der Waals surface area contributed by atoms with Gasteiger partial charge in [-0.2, -0.15) is 0 Å². The molecule has 0 aliphatic heterocycles. The highest BCUT2D eigenvalue weighted by Gasteiger charge is 2.01. The van der Waals surface area contributed by atoms with Crippen LogP contribution in [0.1, 0.15) is 33.1 Å². The highest BCUT2D eigenvalue weighted by Crippen LogP contribution is 1.99. The number of hydrogen-bond acceptors (Lipinski definition) is 2. The zero-order chi connectivity index (χ0) is 8.69. The van der Waals surface area contributed by atoms with E-state index in [0.29, 0.717) is 13.0 Å². The lowest BCUT2D eigenvalue weighted by molar-refractivity contribution is -0.119. The molecule has 0 saturated carbocycles. The van der Waals surface area contributed by atoms with Crippen LogP contribution in [-0.2, 0) is 4.79 Å². The molecule has 0 heterocycles. The lowest BCUT2D eigenvalue weighted by Crippen LogP contribution is -2.24. The first-order valence-corrected chi connectivity index (χ1v) is 4.09. The molecule has 1 atom stereocenters. The topological polar surface area (TPSA) is 49.3 Å². The summed E-state index contributed by atoms with van der Waals surface area (Å²) in [5.74, 6) is -0.0336. The number of rotatable bonds is 5. The van der Waals surface area contributed by atoms with Crippen LogP contribution in [0.15, 0.2) is 0 Å². The maximum Gasteiger partial charge on any atom is 0.216 e. The molecule has 11 heavy (non-hydrogen) atoms. The van der Waals surface area contributed by atoms with E-state index in [0.717, 1.165) is 12.8 Å². The van der Waals surface area contributed by atoms with E-state index in [-0.39, 0.29) is 12.0 Å². The largest absolute Gasteiger partial charge is 0.393 e. The fourth-order valence-electron chi connectivity index (χ4n) is 0.892. The first-order chi connectivity index (χ1) is 5.16. The molecule has 0 bridgehead atoms. The van der Waals surface area contributed by atoms with Crippen LogP contribution in [0.4, 0.5) is 0 Å². The first kappa shape index (κ1) is 10.4. The standard InChI is InChI=1S/C8H17NO2/c1-3-4-8(11)5-6-9-7(2)10/h8,11H,3-6H2,1-2H3,(H,9,10). The van der Waals surface area contributed by atoms with Crippen molar-refractivity contribution in [3.63, 3.8) is 0 Å². The molecule has 3 nitrogen and oxygen atoms in total. The average molecular weight is 159 g/mol. The van der Waals surface area contributed by atoms with Crippen LogP contribution in [0.25, 0.3) is 0 Å². The molecule has 0 aromatic rings. The Kier molecular flexibility index (Phi) is 5.84. The maximum absolute atomic E-state index is 10.4. The van der Waals surface area contributed by atoms with Crippen LogP contribution < -0.4 is 5.32 Å². The summed E-state index contributed by atoms with van der Waals surface area (Å²) >= 11 is 0. The predicted octanol–water partition coefficient (Wildman–Crippen LogP) is 0.674. The maximum atomic E-state index is 10.4. The van der Waals surface area contributed by atoms with Gasteiger partial charge in [-0.25, -0.2) is 0 Å². The summed E-state index contributed by atoms with van der Waals surface area (Å²) in [6.07, 6.45) is 2.21. The van der Waals surface area contributed by atoms with E-state index < -0.39 is 0 Å². The lowest BCUT2D eigenvalue weighted by atomic mass is 10.1. The Morgan fingerprint density at radius 2 is 2.18 bits per heavy atom.